The molecule has 3 heterocycles. The molecular weight excluding hydrogens is 416 g/mol. The monoisotopic (exact) mass is 436 g/mol. The fourth-order valence-electron chi connectivity index (χ4n) is 4.03. The topological polar surface area (TPSA) is 92.1 Å². The van der Waals surface area contributed by atoms with E-state index in [1.165, 1.54) is 6.08 Å². The molecule has 2 aromatic carbocycles. The fraction of sp³-hybridized carbons (Fsp3) is 0.154. The van der Waals surface area contributed by atoms with Crippen molar-refractivity contribution in [3.05, 3.63) is 88.4 Å². The summed E-state index contributed by atoms with van der Waals surface area (Å²) in [6, 6.07) is 20.4. The van der Waals surface area contributed by atoms with Crippen molar-refractivity contribution in [2.24, 2.45) is 0 Å². The molecule has 0 spiro atoms. The molecule has 7 heteroatoms. The lowest BCUT2D eigenvalue weighted by molar-refractivity contribution is -0.125. The van der Waals surface area contributed by atoms with E-state index in [4.69, 9.17) is 4.42 Å². The van der Waals surface area contributed by atoms with Crippen molar-refractivity contribution in [1.29, 1.82) is 5.26 Å². The standard InChI is InChI=1S/C26H20N4O3/c27-16-19(25(31)29-12-6-7-13-29)14-20-17-30(21-9-2-1-3-10-21)28-24(20)22-15-18-8-4-5-11-23(18)33-26(22)32/h1-5,8-11,14-15,17H,6-7,12-13H2. The number of nitrogens with zero attached hydrogens (tertiary/aromatic N) is 4. The molecule has 162 valence electrons. The average molecular weight is 436 g/mol. The van der Waals surface area contributed by atoms with Gasteiger partial charge in [0.25, 0.3) is 5.91 Å². The highest BCUT2D eigenvalue weighted by molar-refractivity contribution is 6.02. The number of benzene rings is 2. The maximum atomic E-state index is 12.9. The van der Waals surface area contributed by atoms with Gasteiger partial charge in [-0.15, -0.1) is 0 Å². The third kappa shape index (κ3) is 3.94. The van der Waals surface area contributed by atoms with Gasteiger partial charge in [-0.1, -0.05) is 36.4 Å². The molecule has 0 atom stereocenters. The normalized spacial score (nSPS) is 13.9. The lowest BCUT2D eigenvalue weighted by Crippen LogP contribution is -2.28. The zero-order chi connectivity index (χ0) is 22.8. The van der Waals surface area contributed by atoms with Gasteiger partial charge in [-0.3, -0.25) is 4.79 Å². The molecule has 1 aliphatic heterocycles. The Hall–Kier alpha value is -4.44. The van der Waals surface area contributed by atoms with E-state index in [0.29, 0.717) is 29.9 Å². The van der Waals surface area contributed by atoms with Gasteiger partial charge in [0.1, 0.15) is 22.9 Å². The molecule has 2 aromatic heterocycles. The first kappa shape index (κ1) is 20.5. The molecule has 4 aromatic rings. The lowest BCUT2D eigenvalue weighted by Gasteiger charge is -2.13. The SMILES string of the molecule is N#CC(=Cc1cn(-c2ccccc2)nc1-c1cc2ccccc2oc1=O)C(=O)N1CCCC1. The van der Waals surface area contributed by atoms with Gasteiger partial charge in [-0.2, -0.15) is 10.4 Å². The van der Waals surface area contributed by atoms with Crippen LogP contribution in [0.5, 0.6) is 0 Å². The number of fused-ring (bicyclic) bond motifs is 1. The Morgan fingerprint density at radius 3 is 2.55 bits per heavy atom. The maximum Gasteiger partial charge on any atom is 0.345 e. The van der Waals surface area contributed by atoms with Crippen molar-refractivity contribution < 1.29 is 9.21 Å². The van der Waals surface area contributed by atoms with Gasteiger partial charge < -0.3 is 9.32 Å². The van der Waals surface area contributed by atoms with Crippen LogP contribution in [0.15, 0.2) is 81.6 Å². The average Bonchev–Trinajstić information content (AvgIpc) is 3.53. The van der Waals surface area contributed by atoms with Crippen molar-refractivity contribution in [1.82, 2.24) is 14.7 Å². The van der Waals surface area contributed by atoms with Gasteiger partial charge >= 0.3 is 5.63 Å². The second-order valence-electron chi connectivity index (χ2n) is 7.87. The van der Waals surface area contributed by atoms with E-state index in [-0.39, 0.29) is 17.0 Å². The Morgan fingerprint density at radius 1 is 1.06 bits per heavy atom. The number of likely N-dealkylation sites (tertiary alicyclic amines) is 1. The Labute approximate surface area is 189 Å². The molecule has 0 N–H and O–H groups in total. The first-order valence-corrected chi connectivity index (χ1v) is 10.7. The van der Waals surface area contributed by atoms with Crippen molar-refractivity contribution in [2.45, 2.75) is 12.8 Å². The Kier molecular flexibility index (Phi) is 5.33. The van der Waals surface area contributed by atoms with Crippen LogP contribution in [-0.2, 0) is 4.79 Å². The van der Waals surface area contributed by atoms with Crippen LogP contribution in [0.25, 0.3) is 34.0 Å². The minimum Gasteiger partial charge on any atom is -0.422 e. The summed E-state index contributed by atoms with van der Waals surface area (Å²) in [5, 5.41) is 15.1. The molecule has 0 unspecified atom stereocenters. The molecule has 0 radical (unpaired) electrons. The zero-order valence-corrected chi connectivity index (χ0v) is 17.8. The smallest absolute Gasteiger partial charge is 0.345 e. The number of hydrogen-bond acceptors (Lipinski definition) is 5. The van der Waals surface area contributed by atoms with E-state index in [2.05, 4.69) is 5.10 Å². The number of hydrogen-bond donors (Lipinski definition) is 0. The highest BCUT2D eigenvalue weighted by atomic mass is 16.4. The number of carbonyl (C=O) groups excluding carboxylic acids is 1. The number of rotatable bonds is 4. The van der Waals surface area contributed by atoms with Gasteiger partial charge in [0, 0.05) is 30.2 Å². The van der Waals surface area contributed by atoms with E-state index < -0.39 is 5.63 Å². The van der Waals surface area contributed by atoms with Gasteiger partial charge in [-0.25, -0.2) is 9.48 Å². The summed E-state index contributed by atoms with van der Waals surface area (Å²) in [5.41, 5.74) is 1.84. The van der Waals surface area contributed by atoms with Crippen LogP contribution in [-0.4, -0.2) is 33.7 Å². The second kappa shape index (κ2) is 8.60. The van der Waals surface area contributed by atoms with Crippen LogP contribution in [0, 0.1) is 11.3 Å². The van der Waals surface area contributed by atoms with Crippen molar-refractivity contribution >= 4 is 23.0 Å². The van der Waals surface area contributed by atoms with Crippen molar-refractivity contribution in [3.63, 3.8) is 0 Å². The number of aromatic nitrogens is 2. The van der Waals surface area contributed by atoms with Gasteiger partial charge in [0.2, 0.25) is 0 Å². The molecule has 1 amide bonds. The number of amides is 1. The Balaban J connectivity index is 1.68. The molecule has 5 rings (SSSR count). The summed E-state index contributed by atoms with van der Waals surface area (Å²) in [6.07, 6.45) is 5.09. The minimum atomic E-state index is -0.536. The molecule has 1 fully saturated rings. The fourth-order valence-corrected chi connectivity index (χ4v) is 4.03. The summed E-state index contributed by atoms with van der Waals surface area (Å²) in [4.78, 5) is 27.4. The first-order valence-electron chi connectivity index (χ1n) is 10.7. The predicted molar refractivity (Wildman–Crippen MR) is 124 cm³/mol. The summed E-state index contributed by atoms with van der Waals surface area (Å²) in [7, 11) is 0. The number of carbonyl (C=O) groups is 1. The molecule has 0 bridgehead atoms. The van der Waals surface area contributed by atoms with Crippen molar-refractivity contribution in [3.8, 4) is 23.0 Å². The van der Waals surface area contributed by atoms with Crippen LogP contribution < -0.4 is 5.63 Å². The Bertz CT molecular complexity index is 1470. The first-order chi connectivity index (χ1) is 16.1. The van der Waals surface area contributed by atoms with Crippen LogP contribution in [0.3, 0.4) is 0 Å². The maximum absolute atomic E-state index is 12.9. The molecule has 1 saturated heterocycles. The number of para-hydroxylation sites is 2. The van der Waals surface area contributed by atoms with Crippen LogP contribution in [0.4, 0.5) is 0 Å². The lowest BCUT2D eigenvalue weighted by atomic mass is 10.1. The molecule has 0 aliphatic carbocycles. The summed E-state index contributed by atoms with van der Waals surface area (Å²) >= 11 is 0. The summed E-state index contributed by atoms with van der Waals surface area (Å²) < 4.78 is 7.14. The molecular formula is C26H20N4O3. The minimum absolute atomic E-state index is 0.0101. The van der Waals surface area contributed by atoms with Gasteiger partial charge in [0.05, 0.1) is 11.3 Å². The summed E-state index contributed by atoms with van der Waals surface area (Å²) in [5.74, 6) is -0.307. The van der Waals surface area contributed by atoms with Crippen LogP contribution in [0.1, 0.15) is 18.4 Å². The Morgan fingerprint density at radius 2 is 1.79 bits per heavy atom. The third-order valence-electron chi connectivity index (χ3n) is 5.70. The van der Waals surface area contributed by atoms with E-state index in [0.717, 1.165) is 23.9 Å². The predicted octanol–water partition coefficient (Wildman–Crippen LogP) is 4.18. The molecule has 0 saturated carbocycles. The van der Waals surface area contributed by atoms with Crippen LogP contribution >= 0.6 is 0 Å². The second-order valence-corrected chi connectivity index (χ2v) is 7.87. The van der Waals surface area contributed by atoms with E-state index >= 15 is 0 Å². The van der Waals surface area contributed by atoms with E-state index in [1.54, 1.807) is 34.0 Å². The molecule has 7 nitrogen and oxygen atoms in total. The molecule has 1 aliphatic rings. The zero-order valence-electron chi connectivity index (χ0n) is 17.8. The van der Waals surface area contributed by atoms with Gasteiger partial charge in [0.15, 0.2) is 0 Å². The molecule has 33 heavy (non-hydrogen) atoms. The van der Waals surface area contributed by atoms with Gasteiger partial charge in [-0.05, 0) is 43.2 Å². The van der Waals surface area contributed by atoms with E-state index in [1.807, 2.05) is 48.5 Å². The van der Waals surface area contributed by atoms with Crippen molar-refractivity contribution in [2.75, 3.05) is 13.1 Å². The third-order valence-corrected chi connectivity index (χ3v) is 5.70. The summed E-state index contributed by atoms with van der Waals surface area (Å²) in [6.45, 7) is 1.28. The largest absolute Gasteiger partial charge is 0.422 e. The quantitative estimate of drug-likeness (QED) is 0.272. The van der Waals surface area contributed by atoms with E-state index in [9.17, 15) is 14.9 Å². The highest BCUT2D eigenvalue weighted by Gasteiger charge is 2.23. The highest BCUT2D eigenvalue weighted by Crippen LogP contribution is 2.27. The number of nitriles is 1. The van der Waals surface area contributed by atoms with Crippen LogP contribution in [0.2, 0.25) is 0 Å².